The smallest absolute Gasteiger partial charge is 0.123 e. The van der Waals surface area contributed by atoms with Crippen LogP contribution in [0.4, 0.5) is 4.39 Å². The third kappa shape index (κ3) is 5.88. The summed E-state index contributed by atoms with van der Waals surface area (Å²) < 4.78 is 13.4. The summed E-state index contributed by atoms with van der Waals surface area (Å²) in [5.41, 5.74) is 4.76. The molecule has 1 atom stereocenters. The molecule has 1 aromatic carbocycles. The summed E-state index contributed by atoms with van der Waals surface area (Å²) in [5, 5.41) is 0. The third-order valence-corrected chi connectivity index (χ3v) is 5.81. The van der Waals surface area contributed by atoms with E-state index in [1.165, 1.54) is 29.7 Å². The molecule has 1 aromatic heterocycles. The fraction of sp³-hybridized carbons (Fsp3) is 0.560. The van der Waals surface area contributed by atoms with Crippen molar-refractivity contribution in [3.8, 4) is 11.1 Å². The standard InChI is InChI=1S/C25H37FN2/c1-7-8-9-10-24-23(21-11-13-22(26)14-12-21)15-16-27-25(24)17-28(19(4)5)20(6)18(2)3/h11-16,18-20H,7-10,17H2,1-6H3. The molecule has 0 saturated carbocycles. The average Bonchev–Trinajstić information content (AvgIpc) is 2.66. The molecule has 0 saturated heterocycles. The Bertz CT molecular complexity index is 722. The molecule has 154 valence electrons. The van der Waals surface area contributed by atoms with Crippen LogP contribution < -0.4 is 0 Å². The zero-order valence-corrected chi connectivity index (χ0v) is 18.5. The summed E-state index contributed by atoms with van der Waals surface area (Å²) in [6.07, 6.45) is 6.50. The van der Waals surface area contributed by atoms with Crippen LogP contribution in [0, 0.1) is 11.7 Å². The second-order valence-electron chi connectivity index (χ2n) is 8.50. The molecule has 0 bridgehead atoms. The molecule has 1 heterocycles. The van der Waals surface area contributed by atoms with Gasteiger partial charge < -0.3 is 0 Å². The van der Waals surface area contributed by atoms with Crippen LogP contribution in [0.5, 0.6) is 0 Å². The van der Waals surface area contributed by atoms with Gasteiger partial charge >= 0.3 is 0 Å². The maximum Gasteiger partial charge on any atom is 0.123 e. The Balaban J connectivity index is 2.44. The summed E-state index contributed by atoms with van der Waals surface area (Å²) in [7, 11) is 0. The Morgan fingerprint density at radius 1 is 0.964 bits per heavy atom. The minimum absolute atomic E-state index is 0.192. The van der Waals surface area contributed by atoms with Crippen molar-refractivity contribution in [1.82, 2.24) is 9.88 Å². The topological polar surface area (TPSA) is 16.1 Å². The van der Waals surface area contributed by atoms with Crippen LogP contribution >= 0.6 is 0 Å². The number of hydrogen-bond acceptors (Lipinski definition) is 2. The van der Waals surface area contributed by atoms with Crippen LogP contribution in [0.2, 0.25) is 0 Å². The zero-order chi connectivity index (χ0) is 20.7. The van der Waals surface area contributed by atoms with E-state index in [-0.39, 0.29) is 5.82 Å². The molecule has 28 heavy (non-hydrogen) atoms. The number of hydrogen-bond donors (Lipinski definition) is 0. The van der Waals surface area contributed by atoms with Crippen LogP contribution in [0.1, 0.15) is 72.1 Å². The van der Waals surface area contributed by atoms with Crippen molar-refractivity contribution in [3.63, 3.8) is 0 Å². The first kappa shape index (κ1) is 22.5. The minimum Gasteiger partial charge on any atom is -0.292 e. The fourth-order valence-electron chi connectivity index (χ4n) is 3.76. The molecule has 0 aliphatic carbocycles. The fourth-order valence-corrected chi connectivity index (χ4v) is 3.76. The number of rotatable bonds is 10. The Labute approximate surface area is 171 Å². The first-order chi connectivity index (χ1) is 13.3. The molecule has 0 amide bonds. The highest BCUT2D eigenvalue weighted by Gasteiger charge is 2.22. The molecule has 2 nitrogen and oxygen atoms in total. The van der Waals surface area contributed by atoms with Gasteiger partial charge in [0.25, 0.3) is 0 Å². The number of halogens is 1. The second-order valence-corrected chi connectivity index (χ2v) is 8.50. The van der Waals surface area contributed by atoms with Crippen molar-refractivity contribution in [2.75, 3.05) is 0 Å². The van der Waals surface area contributed by atoms with Crippen LogP contribution in [0.3, 0.4) is 0 Å². The Kier molecular flexibility index (Phi) is 8.62. The quantitative estimate of drug-likeness (QED) is 0.415. The average molecular weight is 385 g/mol. The molecular formula is C25H37FN2. The van der Waals surface area contributed by atoms with Gasteiger partial charge in [-0.3, -0.25) is 9.88 Å². The largest absolute Gasteiger partial charge is 0.292 e. The van der Waals surface area contributed by atoms with Gasteiger partial charge in [-0.05, 0) is 74.4 Å². The van der Waals surface area contributed by atoms with Gasteiger partial charge in [-0.1, -0.05) is 45.7 Å². The lowest BCUT2D eigenvalue weighted by Crippen LogP contribution is -2.41. The predicted octanol–water partition coefficient (Wildman–Crippen LogP) is 6.88. The van der Waals surface area contributed by atoms with Gasteiger partial charge in [0, 0.05) is 24.8 Å². The molecule has 2 aromatic rings. The number of nitrogens with zero attached hydrogens (tertiary/aromatic N) is 2. The monoisotopic (exact) mass is 384 g/mol. The van der Waals surface area contributed by atoms with Gasteiger partial charge in [0.15, 0.2) is 0 Å². The second kappa shape index (κ2) is 10.7. The van der Waals surface area contributed by atoms with E-state index in [4.69, 9.17) is 4.98 Å². The Morgan fingerprint density at radius 3 is 2.21 bits per heavy atom. The molecule has 3 heteroatoms. The molecule has 2 rings (SSSR count). The van der Waals surface area contributed by atoms with Gasteiger partial charge in [0.2, 0.25) is 0 Å². The van der Waals surface area contributed by atoms with E-state index in [1.54, 1.807) is 12.1 Å². The lowest BCUT2D eigenvalue weighted by molar-refractivity contribution is 0.119. The third-order valence-electron chi connectivity index (χ3n) is 5.81. The molecule has 0 fully saturated rings. The molecule has 0 aliphatic heterocycles. The van der Waals surface area contributed by atoms with Gasteiger partial charge in [-0.25, -0.2) is 4.39 Å². The van der Waals surface area contributed by atoms with Crippen molar-refractivity contribution >= 4 is 0 Å². The van der Waals surface area contributed by atoms with Crippen LogP contribution in [-0.2, 0) is 13.0 Å². The van der Waals surface area contributed by atoms with Crippen molar-refractivity contribution in [1.29, 1.82) is 0 Å². The minimum atomic E-state index is -0.192. The van der Waals surface area contributed by atoms with E-state index in [0.717, 1.165) is 24.9 Å². The summed E-state index contributed by atoms with van der Waals surface area (Å²) in [6.45, 7) is 14.5. The van der Waals surface area contributed by atoms with E-state index < -0.39 is 0 Å². The van der Waals surface area contributed by atoms with Crippen molar-refractivity contribution in [2.24, 2.45) is 5.92 Å². The lowest BCUT2D eigenvalue weighted by Gasteiger charge is -2.35. The predicted molar refractivity (Wildman–Crippen MR) is 118 cm³/mol. The summed E-state index contributed by atoms with van der Waals surface area (Å²) >= 11 is 0. The number of unbranched alkanes of at least 4 members (excludes halogenated alkanes) is 2. The normalized spacial score (nSPS) is 12.9. The van der Waals surface area contributed by atoms with Gasteiger partial charge in [0.05, 0.1) is 5.69 Å². The molecule has 0 spiro atoms. The molecule has 0 N–H and O–H groups in total. The van der Waals surface area contributed by atoms with Crippen LogP contribution in [-0.4, -0.2) is 22.0 Å². The first-order valence-corrected chi connectivity index (χ1v) is 10.8. The van der Waals surface area contributed by atoms with Crippen LogP contribution in [0.25, 0.3) is 11.1 Å². The van der Waals surface area contributed by atoms with Crippen molar-refractivity contribution in [2.45, 2.75) is 85.9 Å². The van der Waals surface area contributed by atoms with E-state index in [1.807, 2.05) is 18.3 Å². The lowest BCUT2D eigenvalue weighted by atomic mass is 9.94. The van der Waals surface area contributed by atoms with Gasteiger partial charge in [0.1, 0.15) is 5.82 Å². The number of aromatic nitrogens is 1. The van der Waals surface area contributed by atoms with E-state index in [2.05, 4.69) is 52.5 Å². The maximum absolute atomic E-state index is 13.4. The number of benzene rings is 1. The SMILES string of the molecule is CCCCCc1c(-c2ccc(F)cc2)ccnc1CN(C(C)C)C(C)C(C)C. The summed E-state index contributed by atoms with van der Waals surface area (Å²) in [4.78, 5) is 7.36. The highest BCUT2D eigenvalue weighted by Crippen LogP contribution is 2.29. The molecule has 0 aliphatic rings. The molecule has 0 radical (unpaired) electrons. The Hall–Kier alpha value is -1.74. The highest BCUT2D eigenvalue weighted by atomic mass is 19.1. The summed E-state index contributed by atoms with van der Waals surface area (Å²) in [5.74, 6) is 0.397. The van der Waals surface area contributed by atoms with Gasteiger partial charge in [-0.2, -0.15) is 0 Å². The van der Waals surface area contributed by atoms with Crippen molar-refractivity contribution < 1.29 is 4.39 Å². The zero-order valence-electron chi connectivity index (χ0n) is 18.5. The molecule has 1 unspecified atom stereocenters. The van der Waals surface area contributed by atoms with Crippen LogP contribution in [0.15, 0.2) is 36.5 Å². The number of pyridine rings is 1. The van der Waals surface area contributed by atoms with E-state index >= 15 is 0 Å². The van der Waals surface area contributed by atoms with Gasteiger partial charge in [-0.15, -0.1) is 0 Å². The molecular weight excluding hydrogens is 347 g/mol. The van der Waals surface area contributed by atoms with Crippen molar-refractivity contribution in [3.05, 3.63) is 53.6 Å². The summed E-state index contributed by atoms with van der Waals surface area (Å²) in [6, 6.07) is 9.89. The Morgan fingerprint density at radius 2 is 1.64 bits per heavy atom. The maximum atomic E-state index is 13.4. The highest BCUT2D eigenvalue weighted by molar-refractivity contribution is 5.67. The first-order valence-electron chi connectivity index (χ1n) is 10.8. The van der Waals surface area contributed by atoms with E-state index in [9.17, 15) is 4.39 Å². The van der Waals surface area contributed by atoms with E-state index in [0.29, 0.717) is 18.0 Å².